The van der Waals surface area contributed by atoms with Gasteiger partial charge in [0.15, 0.2) is 0 Å². The predicted octanol–water partition coefficient (Wildman–Crippen LogP) is 2.91. The second kappa shape index (κ2) is 5.01. The highest BCUT2D eigenvalue weighted by molar-refractivity contribution is 6.17. The summed E-state index contributed by atoms with van der Waals surface area (Å²) < 4.78 is 4.91. The summed E-state index contributed by atoms with van der Waals surface area (Å²) in [5.74, 6) is 0.190. The average Bonchev–Trinajstić information content (AvgIpc) is 2.17. The molecular weight excluding hydrogens is 200 g/mol. The highest BCUT2D eigenvalue weighted by Crippen LogP contribution is 2.13. The number of aryl methyl sites for hydroxylation is 1. The van der Waals surface area contributed by atoms with E-state index in [4.69, 9.17) is 16.3 Å². The third kappa shape index (κ3) is 2.48. The number of carbonyl (C=O) groups excluding carboxylic acids is 1. The van der Waals surface area contributed by atoms with Gasteiger partial charge < -0.3 is 4.74 Å². The molecule has 0 N–H and O–H groups in total. The SMILES string of the molecule is CCOC(=O)c1ccc(CCl)cc1C. The van der Waals surface area contributed by atoms with Crippen LogP contribution in [0, 0.1) is 6.92 Å². The summed E-state index contributed by atoms with van der Waals surface area (Å²) in [6, 6.07) is 5.50. The van der Waals surface area contributed by atoms with Crippen molar-refractivity contribution in [3.05, 3.63) is 34.9 Å². The van der Waals surface area contributed by atoms with Crippen molar-refractivity contribution in [1.29, 1.82) is 0 Å². The summed E-state index contributed by atoms with van der Waals surface area (Å²) in [5, 5.41) is 0. The molecule has 1 aromatic carbocycles. The molecule has 0 bridgehead atoms. The van der Waals surface area contributed by atoms with Crippen LogP contribution in [-0.4, -0.2) is 12.6 Å². The van der Waals surface area contributed by atoms with Gasteiger partial charge in [0.1, 0.15) is 0 Å². The van der Waals surface area contributed by atoms with Gasteiger partial charge in [-0.15, -0.1) is 11.6 Å². The maximum atomic E-state index is 11.4. The van der Waals surface area contributed by atoms with E-state index in [0.29, 0.717) is 18.1 Å². The van der Waals surface area contributed by atoms with E-state index in [1.165, 1.54) is 0 Å². The molecule has 0 aliphatic rings. The fraction of sp³-hybridized carbons (Fsp3) is 0.364. The zero-order valence-electron chi connectivity index (χ0n) is 8.34. The lowest BCUT2D eigenvalue weighted by molar-refractivity contribution is 0.0525. The molecule has 0 fully saturated rings. The molecule has 0 heterocycles. The van der Waals surface area contributed by atoms with Crippen LogP contribution in [0.1, 0.15) is 28.4 Å². The Bertz CT molecular complexity index is 334. The molecule has 1 rings (SSSR count). The summed E-state index contributed by atoms with van der Waals surface area (Å²) in [6.07, 6.45) is 0. The zero-order chi connectivity index (χ0) is 10.6. The third-order valence-electron chi connectivity index (χ3n) is 1.94. The largest absolute Gasteiger partial charge is 0.462 e. The lowest BCUT2D eigenvalue weighted by Crippen LogP contribution is -2.06. The fourth-order valence-electron chi connectivity index (χ4n) is 1.25. The molecule has 1 aromatic rings. The number of alkyl halides is 1. The van der Waals surface area contributed by atoms with Gasteiger partial charge in [0, 0.05) is 5.88 Å². The summed E-state index contributed by atoms with van der Waals surface area (Å²) in [6.45, 7) is 4.07. The van der Waals surface area contributed by atoms with Crippen molar-refractivity contribution in [1.82, 2.24) is 0 Å². The van der Waals surface area contributed by atoms with E-state index < -0.39 is 0 Å². The minimum Gasteiger partial charge on any atom is -0.462 e. The Labute approximate surface area is 88.8 Å². The van der Waals surface area contributed by atoms with Crippen LogP contribution in [0.4, 0.5) is 0 Å². The van der Waals surface area contributed by atoms with E-state index in [9.17, 15) is 4.79 Å². The van der Waals surface area contributed by atoms with E-state index in [0.717, 1.165) is 11.1 Å². The molecule has 14 heavy (non-hydrogen) atoms. The normalized spacial score (nSPS) is 9.93. The second-order valence-electron chi connectivity index (χ2n) is 3.00. The monoisotopic (exact) mass is 212 g/mol. The van der Waals surface area contributed by atoms with Crippen LogP contribution in [0.5, 0.6) is 0 Å². The number of halogens is 1. The standard InChI is InChI=1S/C11H13ClO2/c1-3-14-11(13)10-5-4-9(7-12)6-8(10)2/h4-6H,3,7H2,1-2H3. The number of ether oxygens (including phenoxy) is 1. The molecule has 0 saturated carbocycles. The van der Waals surface area contributed by atoms with Gasteiger partial charge in [-0.25, -0.2) is 4.79 Å². The van der Waals surface area contributed by atoms with E-state index in [1.807, 2.05) is 19.1 Å². The minimum absolute atomic E-state index is 0.272. The van der Waals surface area contributed by atoms with Crippen LogP contribution in [0.15, 0.2) is 18.2 Å². The zero-order valence-corrected chi connectivity index (χ0v) is 9.10. The van der Waals surface area contributed by atoms with Gasteiger partial charge in [-0.3, -0.25) is 0 Å². The van der Waals surface area contributed by atoms with Crippen molar-refractivity contribution in [2.75, 3.05) is 6.61 Å². The number of hydrogen-bond acceptors (Lipinski definition) is 2. The van der Waals surface area contributed by atoms with Gasteiger partial charge in [0.25, 0.3) is 0 Å². The first-order valence-corrected chi connectivity index (χ1v) is 5.05. The van der Waals surface area contributed by atoms with E-state index in [2.05, 4.69) is 0 Å². The topological polar surface area (TPSA) is 26.3 Å². The third-order valence-corrected chi connectivity index (χ3v) is 2.25. The maximum absolute atomic E-state index is 11.4. The Morgan fingerprint density at radius 2 is 2.21 bits per heavy atom. The number of benzene rings is 1. The van der Waals surface area contributed by atoms with Crippen molar-refractivity contribution in [2.24, 2.45) is 0 Å². The Balaban J connectivity index is 2.94. The Hall–Kier alpha value is -1.02. The van der Waals surface area contributed by atoms with Gasteiger partial charge in [-0.2, -0.15) is 0 Å². The number of esters is 1. The minimum atomic E-state index is -0.272. The second-order valence-corrected chi connectivity index (χ2v) is 3.27. The number of rotatable bonds is 3. The van der Waals surface area contributed by atoms with Gasteiger partial charge in [0.05, 0.1) is 12.2 Å². The lowest BCUT2D eigenvalue weighted by Gasteiger charge is -2.06. The first-order valence-electron chi connectivity index (χ1n) is 4.51. The first kappa shape index (κ1) is 11.1. The maximum Gasteiger partial charge on any atom is 0.338 e. The van der Waals surface area contributed by atoms with E-state index in [1.54, 1.807) is 13.0 Å². The molecule has 0 spiro atoms. The summed E-state index contributed by atoms with van der Waals surface area (Å²) in [4.78, 5) is 11.4. The Morgan fingerprint density at radius 1 is 1.50 bits per heavy atom. The van der Waals surface area contributed by atoms with Gasteiger partial charge >= 0.3 is 5.97 Å². The summed E-state index contributed by atoms with van der Waals surface area (Å²) in [7, 11) is 0. The molecule has 3 heteroatoms. The smallest absolute Gasteiger partial charge is 0.338 e. The van der Waals surface area contributed by atoms with Crippen molar-refractivity contribution in [3.63, 3.8) is 0 Å². The number of hydrogen-bond donors (Lipinski definition) is 0. The van der Waals surface area contributed by atoms with Crippen LogP contribution < -0.4 is 0 Å². The molecule has 0 atom stereocenters. The number of carbonyl (C=O) groups is 1. The van der Waals surface area contributed by atoms with Gasteiger partial charge in [-0.1, -0.05) is 12.1 Å². The van der Waals surface area contributed by atoms with Crippen LogP contribution in [0.2, 0.25) is 0 Å². The highest BCUT2D eigenvalue weighted by atomic mass is 35.5. The molecule has 2 nitrogen and oxygen atoms in total. The van der Waals surface area contributed by atoms with Crippen LogP contribution >= 0.6 is 11.6 Å². The van der Waals surface area contributed by atoms with E-state index in [-0.39, 0.29) is 5.97 Å². The van der Waals surface area contributed by atoms with Crippen molar-refractivity contribution >= 4 is 17.6 Å². The van der Waals surface area contributed by atoms with Gasteiger partial charge in [0.2, 0.25) is 0 Å². The summed E-state index contributed by atoms with van der Waals surface area (Å²) in [5.41, 5.74) is 2.53. The summed E-state index contributed by atoms with van der Waals surface area (Å²) >= 11 is 5.68. The van der Waals surface area contributed by atoms with Crippen LogP contribution in [0.25, 0.3) is 0 Å². The van der Waals surface area contributed by atoms with E-state index >= 15 is 0 Å². The predicted molar refractivity (Wildman–Crippen MR) is 56.7 cm³/mol. The Kier molecular flexibility index (Phi) is 3.96. The molecule has 0 aliphatic heterocycles. The van der Waals surface area contributed by atoms with Crippen LogP contribution in [0.3, 0.4) is 0 Å². The molecule has 0 unspecified atom stereocenters. The molecule has 0 radical (unpaired) electrons. The Morgan fingerprint density at radius 3 is 2.71 bits per heavy atom. The quantitative estimate of drug-likeness (QED) is 0.569. The van der Waals surface area contributed by atoms with Crippen molar-refractivity contribution in [3.8, 4) is 0 Å². The molecule has 0 aliphatic carbocycles. The first-order chi connectivity index (χ1) is 6.69. The molecule has 76 valence electrons. The lowest BCUT2D eigenvalue weighted by atomic mass is 10.1. The highest BCUT2D eigenvalue weighted by Gasteiger charge is 2.09. The van der Waals surface area contributed by atoms with Gasteiger partial charge in [-0.05, 0) is 31.0 Å². The fourth-order valence-corrected chi connectivity index (χ4v) is 1.41. The molecule has 0 amide bonds. The molecule has 0 saturated heterocycles. The van der Waals surface area contributed by atoms with Crippen LogP contribution in [-0.2, 0) is 10.6 Å². The van der Waals surface area contributed by atoms with Crippen molar-refractivity contribution in [2.45, 2.75) is 19.7 Å². The molecular formula is C11H13ClO2. The average molecular weight is 213 g/mol. The van der Waals surface area contributed by atoms with Crippen molar-refractivity contribution < 1.29 is 9.53 Å². The molecule has 0 aromatic heterocycles.